The zero-order chi connectivity index (χ0) is 13.0. The Bertz CT molecular complexity index is 498. The number of nitrogens with two attached hydrogens (primary N) is 1. The number of nitrogens with one attached hydrogen (secondary N) is 2. The third kappa shape index (κ3) is 4.17. The zero-order valence-corrected chi connectivity index (χ0v) is 10.7. The van der Waals surface area contributed by atoms with Gasteiger partial charge in [0.2, 0.25) is 0 Å². The van der Waals surface area contributed by atoms with Crippen molar-refractivity contribution in [2.75, 3.05) is 23.2 Å². The SMILES string of the molecule is NS(=O)(=O)Nc1cccc(NCC2CCCO2)c1. The number of hydrogen-bond donors (Lipinski definition) is 3. The van der Waals surface area contributed by atoms with E-state index in [4.69, 9.17) is 9.88 Å². The van der Waals surface area contributed by atoms with E-state index >= 15 is 0 Å². The van der Waals surface area contributed by atoms with Crippen molar-refractivity contribution in [1.29, 1.82) is 0 Å². The molecule has 1 heterocycles. The van der Waals surface area contributed by atoms with E-state index in [0.717, 1.165) is 31.7 Å². The Hall–Kier alpha value is -1.31. The number of anilines is 2. The van der Waals surface area contributed by atoms with E-state index in [1.807, 2.05) is 6.07 Å². The molecule has 1 aliphatic rings. The van der Waals surface area contributed by atoms with Crippen LogP contribution in [0.3, 0.4) is 0 Å². The molecule has 6 nitrogen and oxygen atoms in total. The first-order valence-corrected chi connectivity index (χ1v) is 7.34. The maximum atomic E-state index is 10.9. The van der Waals surface area contributed by atoms with Crippen LogP contribution in [0.5, 0.6) is 0 Å². The molecule has 0 spiro atoms. The maximum absolute atomic E-state index is 10.9. The number of rotatable bonds is 5. The van der Waals surface area contributed by atoms with Crippen LogP contribution in [-0.4, -0.2) is 27.7 Å². The van der Waals surface area contributed by atoms with Crippen molar-refractivity contribution < 1.29 is 13.2 Å². The monoisotopic (exact) mass is 271 g/mol. The molecule has 2 rings (SSSR count). The van der Waals surface area contributed by atoms with Crippen LogP contribution < -0.4 is 15.2 Å². The zero-order valence-electron chi connectivity index (χ0n) is 9.93. The first-order valence-electron chi connectivity index (χ1n) is 5.79. The minimum Gasteiger partial charge on any atom is -0.382 e. The summed E-state index contributed by atoms with van der Waals surface area (Å²) in [7, 11) is -3.73. The van der Waals surface area contributed by atoms with E-state index < -0.39 is 10.2 Å². The predicted molar refractivity (Wildman–Crippen MR) is 70.6 cm³/mol. The third-order valence-electron chi connectivity index (χ3n) is 2.68. The van der Waals surface area contributed by atoms with Gasteiger partial charge in [0.15, 0.2) is 0 Å². The molecule has 1 saturated heterocycles. The molecule has 1 fully saturated rings. The van der Waals surface area contributed by atoms with Crippen molar-refractivity contribution >= 4 is 21.6 Å². The van der Waals surface area contributed by atoms with Crippen molar-refractivity contribution in [3.05, 3.63) is 24.3 Å². The van der Waals surface area contributed by atoms with Gasteiger partial charge in [0.1, 0.15) is 0 Å². The van der Waals surface area contributed by atoms with Crippen LogP contribution in [0, 0.1) is 0 Å². The van der Waals surface area contributed by atoms with E-state index in [1.165, 1.54) is 0 Å². The highest BCUT2D eigenvalue weighted by atomic mass is 32.2. The van der Waals surface area contributed by atoms with Crippen LogP contribution in [0.4, 0.5) is 11.4 Å². The normalized spacial score (nSPS) is 19.7. The van der Waals surface area contributed by atoms with Crippen molar-refractivity contribution in [2.24, 2.45) is 5.14 Å². The highest BCUT2D eigenvalue weighted by Gasteiger charge is 2.14. The molecule has 100 valence electrons. The maximum Gasteiger partial charge on any atom is 0.296 e. The average molecular weight is 271 g/mol. The summed E-state index contributed by atoms with van der Waals surface area (Å²) in [5, 5.41) is 8.12. The minimum atomic E-state index is -3.73. The summed E-state index contributed by atoms with van der Waals surface area (Å²) in [6.45, 7) is 1.54. The summed E-state index contributed by atoms with van der Waals surface area (Å²) in [6.07, 6.45) is 2.39. The third-order valence-corrected chi connectivity index (χ3v) is 3.20. The quantitative estimate of drug-likeness (QED) is 0.741. The smallest absolute Gasteiger partial charge is 0.296 e. The molecule has 1 unspecified atom stereocenters. The van der Waals surface area contributed by atoms with Crippen LogP contribution >= 0.6 is 0 Å². The van der Waals surface area contributed by atoms with Gasteiger partial charge in [0.25, 0.3) is 10.2 Å². The van der Waals surface area contributed by atoms with Crippen molar-refractivity contribution in [1.82, 2.24) is 0 Å². The lowest BCUT2D eigenvalue weighted by molar-refractivity contribution is 0.120. The summed E-state index contributed by atoms with van der Waals surface area (Å²) in [6, 6.07) is 6.95. The second kappa shape index (κ2) is 5.55. The molecule has 1 aromatic carbocycles. The van der Waals surface area contributed by atoms with E-state index in [1.54, 1.807) is 18.2 Å². The summed E-state index contributed by atoms with van der Waals surface area (Å²) in [5.41, 5.74) is 1.27. The molecule has 1 aliphatic heterocycles. The lowest BCUT2D eigenvalue weighted by Crippen LogP contribution is -2.22. The van der Waals surface area contributed by atoms with Gasteiger partial charge < -0.3 is 10.1 Å². The van der Waals surface area contributed by atoms with Gasteiger partial charge in [-0.05, 0) is 31.0 Å². The van der Waals surface area contributed by atoms with Gasteiger partial charge in [-0.3, -0.25) is 4.72 Å². The Morgan fingerprint density at radius 1 is 1.39 bits per heavy atom. The molecule has 0 saturated carbocycles. The van der Waals surface area contributed by atoms with Crippen LogP contribution in [0.2, 0.25) is 0 Å². The van der Waals surface area contributed by atoms with Crippen LogP contribution in [0.15, 0.2) is 24.3 Å². The molecule has 0 radical (unpaired) electrons. The largest absolute Gasteiger partial charge is 0.382 e. The Kier molecular flexibility index (Phi) is 4.05. The predicted octanol–water partition coefficient (Wildman–Crippen LogP) is 0.893. The lowest BCUT2D eigenvalue weighted by Gasteiger charge is -2.12. The van der Waals surface area contributed by atoms with Gasteiger partial charge in [-0.2, -0.15) is 8.42 Å². The van der Waals surface area contributed by atoms with Crippen molar-refractivity contribution in [3.63, 3.8) is 0 Å². The standard InChI is InChI=1S/C11H17N3O3S/c12-18(15,16)14-10-4-1-3-9(7-10)13-8-11-5-2-6-17-11/h1,3-4,7,11,13-14H,2,5-6,8H2,(H2,12,15,16). The first-order chi connectivity index (χ1) is 8.53. The van der Waals surface area contributed by atoms with Crippen molar-refractivity contribution in [2.45, 2.75) is 18.9 Å². The molecule has 18 heavy (non-hydrogen) atoms. The topological polar surface area (TPSA) is 93.5 Å². The highest BCUT2D eigenvalue weighted by Crippen LogP contribution is 2.17. The summed E-state index contributed by atoms with van der Waals surface area (Å²) < 4.78 is 29.5. The molecule has 0 amide bonds. The fraction of sp³-hybridized carbons (Fsp3) is 0.455. The Balaban J connectivity index is 1.94. The molecule has 4 N–H and O–H groups in total. The molecule has 1 aromatic rings. The Morgan fingerprint density at radius 3 is 2.83 bits per heavy atom. The number of benzene rings is 1. The van der Waals surface area contributed by atoms with Crippen LogP contribution in [0.25, 0.3) is 0 Å². The molecule has 0 aromatic heterocycles. The Morgan fingerprint density at radius 2 is 2.17 bits per heavy atom. The second-order valence-corrected chi connectivity index (χ2v) is 5.54. The minimum absolute atomic E-state index is 0.236. The highest BCUT2D eigenvalue weighted by molar-refractivity contribution is 7.90. The second-order valence-electron chi connectivity index (χ2n) is 4.24. The molecule has 0 aliphatic carbocycles. The fourth-order valence-corrected chi connectivity index (χ4v) is 2.35. The molecule has 7 heteroatoms. The molecular formula is C11H17N3O3S. The van der Waals surface area contributed by atoms with Gasteiger partial charge in [-0.15, -0.1) is 0 Å². The summed E-state index contributed by atoms with van der Waals surface area (Å²) >= 11 is 0. The van der Waals surface area contributed by atoms with Gasteiger partial charge in [-0.1, -0.05) is 6.07 Å². The number of ether oxygens (including phenoxy) is 1. The molecular weight excluding hydrogens is 254 g/mol. The van der Waals surface area contributed by atoms with E-state index in [2.05, 4.69) is 10.0 Å². The summed E-state index contributed by atoms with van der Waals surface area (Å²) in [4.78, 5) is 0. The number of hydrogen-bond acceptors (Lipinski definition) is 4. The van der Waals surface area contributed by atoms with E-state index in [-0.39, 0.29) is 6.10 Å². The molecule has 0 bridgehead atoms. The van der Waals surface area contributed by atoms with Crippen molar-refractivity contribution in [3.8, 4) is 0 Å². The summed E-state index contributed by atoms with van der Waals surface area (Å²) in [5.74, 6) is 0. The Labute approximate surface area is 107 Å². The molecule has 1 atom stereocenters. The van der Waals surface area contributed by atoms with Gasteiger partial charge in [0.05, 0.1) is 11.8 Å². The van der Waals surface area contributed by atoms with Crippen LogP contribution in [-0.2, 0) is 14.9 Å². The fourth-order valence-electron chi connectivity index (χ4n) is 1.89. The lowest BCUT2D eigenvalue weighted by atomic mass is 10.2. The average Bonchev–Trinajstić information content (AvgIpc) is 2.77. The van der Waals surface area contributed by atoms with E-state index in [0.29, 0.717) is 5.69 Å². The van der Waals surface area contributed by atoms with E-state index in [9.17, 15) is 8.42 Å². The van der Waals surface area contributed by atoms with Crippen LogP contribution in [0.1, 0.15) is 12.8 Å². The first kappa shape index (κ1) is 13.1. The van der Waals surface area contributed by atoms with Gasteiger partial charge in [-0.25, -0.2) is 5.14 Å². The van der Waals surface area contributed by atoms with Gasteiger partial charge >= 0.3 is 0 Å². The van der Waals surface area contributed by atoms with Gasteiger partial charge in [0, 0.05) is 18.8 Å².